The molecule has 19 heavy (non-hydrogen) atoms. The van der Waals surface area contributed by atoms with Crippen LogP contribution in [-0.2, 0) is 9.53 Å². The predicted octanol–water partition coefficient (Wildman–Crippen LogP) is 2.08. The quantitative estimate of drug-likeness (QED) is 0.640. The highest BCUT2D eigenvalue weighted by molar-refractivity contribution is 8.00. The van der Waals surface area contributed by atoms with Crippen LogP contribution >= 0.6 is 23.1 Å². The van der Waals surface area contributed by atoms with E-state index >= 15 is 0 Å². The average molecular weight is 301 g/mol. The van der Waals surface area contributed by atoms with Gasteiger partial charge in [0, 0.05) is 5.75 Å². The maximum Gasteiger partial charge on any atom is 0.326 e. The maximum absolute atomic E-state index is 12.0. The first-order valence-corrected chi connectivity index (χ1v) is 8.38. The Morgan fingerprint density at radius 3 is 3.26 bits per heavy atom. The van der Waals surface area contributed by atoms with Crippen molar-refractivity contribution in [2.45, 2.75) is 42.5 Å². The van der Waals surface area contributed by atoms with Gasteiger partial charge < -0.3 is 10.5 Å². The second-order valence-corrected chi connectivity index (χ2v) is 6.87. The van der Waals surface area contributed by atoms with Crippen LogP contribution in [0, 0.1) is 5.92 Å². The highest BCUT2D eigenvalue weighted by Crippen LogP contribution is 2.38. The summed E-state index contributed by atoms with van der Waals surface area (Å²) in [4.78, 5) is 12.0. The number of hydrogen-bond acceptors (Lipinski definition) is 7. The molecule has 106 valence electrons. The summed E-state index contributed by atoms with van der Waals surface area (Å²) in [7, 11) is 0. The summed E-state index contributed by atoms with van der Waals surface area (Å²) in [6.45, 7) is 2.21. The van der Waals surface area contributed by atoms with E-state index in [0.717, 1.165) is 35.8 Å². The zero-order valence-electron chi connectivity index (χ0n) is 11.0. The Hall–Kier alpha value is -0.660. The third kappa shape index (κ3) is 3.46. The highest BCUT2D eigenvalue weighted by Gasteiger charge is 2.46. The summed E-state index contributed by atoms with van der Waals surface area (Å²) in [6.07, 6.45) is 3.66. The van der Waals surface area contributed by atoms with Crippen molar-refractivity contribution >= 4 is 29.1 Å². The van der Waals surface area contributed by atoms with Crippen molar-refractivity contribution in [3.05, 3.63) is 5.51 Å². The minimum Gasteiger partial charge on any atom is -0.465 e. The van der Waals surface area contributed by atoms with Crippen LogP contribution in [0.25, 0.3) is 0 Å². The van der Waals surface area contributed by atoms with E-state index < -0.39 is 5.54 Å². The summed E-state index contributed by atoms with van der Waals surface area (Å²) in [5, 5.41) is 7.79. The first-order chi connectivity index (χ1) is 9.16. The molecule has 0 spiro atoms. The molecular weight excluding hydrogens is 282 g/mol. The van der Waals surface area contributed by atoms with Crippen LogP contribution < -0.4 is 5.73 Å². The lowest BCUT2D eigenvalue weighted by Gasteiger charge is -2.28. The van der Waals surface area contributed by atoms with Crippen LogP contribution in [0.15, 0.2) is 9.85 Å². The Balaban J connectivity index is 1.86. The van der Waals surface area contributed by atoms with Crippen LogP contribution in [0.4, 0.5) is 0 Å². The molecule has 0 radical (unpaired) electrons. The molecule has 1 fully saturated rings. The molecule has 0 amide bonds. The van der Waals surface area contributed by atoms with E-state index in [4.69, 9.17) is 10.5 Å². The third-order valence-corrected chi connectivity index (χ3v) is 5.45. The molecule has 1 aliphatic rings. The molecule has 2 N–H and O–H groups in total. The number of hydrogen-bond donors (Lipinski definition) is 1. The molecule has 1 aromatic heterocycles. The van der Waals surface area contributed by atoms with Gasteiger partial charge in [-0.3, -0.25) is 4.79 Å². The minimum atomic E-state index is -0.780. The van der Waals surface area contributed by atoms with E-state index in [-0.39, 0.29) is 11.9 Å². The van der Waals surface area contributed by atoms with E-state index in [1.807, 2.05) is 6.92 Å². The second-order valence-electron chi connectivity index (χ2n) is 4.69. The Kier molecular flexibility index (Phi) is 5.18. The molecule has 5 nitrogen and oxygen atoms in total. The Morgan fingerprint density at radius 1 is 1.74 bits per heavy atom. The van der Waals surface area contributed by atoms with Gasteiger partial charge in [-0.2, -0.15) is 0 Å². The standard InChI is InChI=1S/C12H19N3O2S2/c1-2-17-10(16)12(13)6-3-4-9(12)5-7-18-11-15-14-8-19-11/h8-9H,2-7,13H2,1H3. The summed E-state index contributed by atoms with van der Waals surface area (Å²) >= 11 is 3.21. The number of rotatable bonds is 6. The second kappa shape index (κ2) is 6.67. The van der Waals surface area contributed by atoms with Gasteiger partial charge in [0.2, 0.25) is 0 Å². The molecule has 0 bridgehead atoms. The molecule has 2 atom stereocenters. The predicted molar refractivity (Wildman–Crippen MR) is 76.1 cm³/mol. The smallest absolute Gasteiger partial charge is 0.326 e. The van der Waals surface area contributed by atoms with Gasteiger partial charge >= 0.3 is 5.97 Å². The number of ether oxygens (including phenoxy) is 1. The zero-order chi connectivity index (χ0) is 13.7. The maximum atomic E-state index is 12.0. The van der Waals surface area contributed by atoms with Crippen molar-refractivity contribution in [3.8, 4) is 0 Å². The molecule has 1 aromatic rings. The lowest BCUT2D eigenvalue weighted by atomic mass is 9.86. The van der Waals surface area contributed by atoms with Gasteiger partial charge in [0.1, 0.15) is 11.0 Å². The van der Waals surface area contributed by atoms with Crippen molar-refractivity contribution in [2.24, 2.45) is 11.7 Å². The van der Waals surface area contributed by atoms with Crippen molar-refractivity contribution in [2.75, 3.05) is 12.4 Å². The number of aromatic nitrogens is 2. The van der Waals surface area contributed by atoms with E-state index in [2.05, 4.69) is 10.2 Å². The van der Waals surface area contributed by atoms with Crippen molar-refractivity contribution < 1.29 is 9.53 Å². The largest absolute Gasteiger partial charge is 0.465 e. The molecular formula is C12H19N3O2S2. The Morgan fingerprint density at radius 2 is 2.58 bits per heavy atom. The molecule has 7 heteroatoms. The molecule has 0 saturated heterocycles. The molecule has 1 aliphatic carbocycles. The fraction of sp³-hybridized carbons (Fsp3) is 0.750. The lowest BCUT2D eigenvalue weighted by molar-refractivity contribution is -0.151. The van der Waals surface area contributed by atoms with Gasteiger partial charge in [-0.1, -0.05) is 29.5 Å². The first kappa shape index (κ1) is 14.7. The number of carbonyl (C=O) groups excluding carboxylic acids is 1. The monoisotopic (exact) mass is 301 g/mol. The van der Waals surface area contributed by atoms with Gasteiger partial charge in [-0.15, -0.1) is 10.2 Å². The van der Waals surface area contributed by atoms with Crippen molar-refractivity contribution in [1.29, 1.82) is 0 Å². The number of nitrogens with zero attached hydrogens (tertiary/aromatic N) is 2. The van der Waals surface area contributed by atoms with E-state index in [1.54, 1.807) is 17.3 Å². The Labute approximate surface area is 121 Å². The molecule has 0 aromatic carbocycles. The van der Waals surface area contributed by atoms with Crippen molar-refractivity contribution in [3.63, 3.8) is 0 Å². The van der Waals surface area contributed by atoms with Gasteiger partial charge in [-0.25, -0.2) is 0 Å². The minimum absolute atomic E-state index is 0.215. The number of nitrogens with two attached hydrogens (primary N) is 1. The van der Waals surface area contributed by atoms with E-state index in [1.165, 1.54) is 11.3 Å². The molecule has 1 heterocycles. The van der Waals surface area contributed by atoms with E-state index in [9.17, 15) is 4.79 Å². The van der Waals surface area contributed by atoms with E-state index in [0.29, 0.717) is 6.61 Å². The number of carbonyl (C=O) groups is 1. The van der Waals surface area contributed by atoms with Gasteiger partial charge in [0.25, 0.3) is 0 Å². The summed E-state index contributed by atoms with van der Waals surface area (Å²) < 4.78 is 6.09. The van der Waals surface area contributed by atoms with Gasteiger partial charge in [0.05, 0.1) is 6.61 Å². The number of esters is 1. The van der Waals surface area contributed by atoms with Crippen LogP contribution in [-0.4, -0.2) is 34.1 Å². The fourth-order valence-electron chi connectivity index (χ4n) is 2.55. The van der Waals surface area contributed by atoms with Crippen LogP contribution in [0.5, 0.6) is 0 Å². The fourth-order valence-corrected chi connectivity index (χ4v) is 4.16. The average Bonchev–Trinajstić information content (AvgIpc) is 3.01. The lowest BCUT2D eigenvalue weighted by Crippen LogP contribution is -2.52. The number of thioether (sulfide) groups is 1. The van der Waals surface area contributed by atoms with Gasteiger partial charge in [-0.05, 0) is 32.1 Å². The summed E-state index contributed by atoms with van der Waals surface area (Å²) in [5.74, 6) is 0.892. The zero-order valence-corrected chi connectivity index (χ0v) is 12.6. The molecule has 2 unspecified atom stereocenters. The van der Waals surface area contributed by atoms with Crippen LogP contribution in [0.2, 0.25) is 0 Å². The molecule has 0 aliphatic heterocycles. The van der Waals surface area contributed by atoms with Crippen LogP contribution in [0.3, 0.4) is 0 Å². The summed E-state index contributed by atoms with van der Waals surface area (Å²) in [6, 6.07) is 0. The Bertz CT molecular complexity index is 413. The third-order valence-electron chi connectivity index (χ3n) is 3.56. The SMILES string of the molecule is CCOC(=O)C1(N)CCCC1CCSc1nncs1. The van der Waals surface area contributed by atoms with Gasteiger partial charge in [0.15, 0.2) is 4.34 Å². The topological polar surface area (TPSA) is 78.1 Å². The first-order valence-electron chi connectivity index (χ1n) is 6.52. The van der Waals surface area contributed by atoms with Crippen molar-refractivity contribution in [1.82, 2.24) is 10.2 Å². The molecule has 1 saturated carbocycles. The van der Waals surface area contributed by atoms with Crippen LogP contribution in [0.1, 0.15) is 32.6 Å². The normalized spacial score (nSPS) is 26.5. The molecule has 2 rings (SSSR count). The highest BCUT2D eigenvalue weighted by atomic mass is 32.2. The summed E-state index contributed by atoms with van der Waals surface area (Å²) in [5.41, 5.74) is 7.23.